The van der Waals surface area contributed by atoms with Gasteiger partial charge in [-0.15, -0.1) is 0 Å². The van der Waals surface area contributed by atoms with Crippen molar-refractivity contribution in [1.29, 1.82) is 0 Å². The Morgan fingerprint density at radius 2 is 2.07 bits per heavy atom. The molecule has 2 rings (SSSR count). The van der Waals surface area contributed by atoms with Crippen LogP contribution in [0, 0.1) is 19.8 Å². The van der Waals surface area contributed by atoms with Crippen molar-refractivity contribution in [2.75, 3.05) is 0 Å². The molecule has 3 unspecified atom stereocenters. The van der Waals surface area contributed by atoms with Crippen LogP contribution in [0.25, 0.3) is 0 Å². The smallest absolute Gasteiger partial charge is 0.00788 e. The van der Waals surface area contributed by atoms with Gasteiger partial charge in [-0.2, -0.15) is 0 Å². The van der Waals surface area contributed by atoms with Gasteiger partial charge in [0.1, 0.15) is 0 Å². The average molecular weight is 203 g/mol. The summed E-state index contributed by atoms with van der Waals surface area (Å²) in [5.74, 6) is 1.41. The fourth-order valence-electron chi connectivity index (χ4n) is 2.85. The second kappa shape index (κ2) is 3.97. The van der Waals surface area contributed by atoms with Crippen molar-refractivity contribution in [3.8, 4) is 0 Å². The molecule has 3 atom stereocenters. The Morgan fingerprint density at radius 3 is 2.67 bits per heavy atom. The number of hydrogen-bond acceptors (Lipinski definition) is 1. The summed E-state index contributed by atoms with van der Waals surface area (Å²) in [5.41, 5.74) is 10.4. The van der Waals surface area contributed by atoms with E-state index in [1.54, 1.807) is 0 Å². The summed E-state index contributed by atoms with van der Waals surface area (Å²) >= 11 is 0. The van der Waals surface area contributed by atoms with Crippen molar-refractivity contribution in [2.45, 2.75) is 45.6 Å². The van der Waals surface area contributed by atoms with E-state index < -0.39 is 0 Å². The molecule has 82 valence electrons. The SMILES string of the molecule is CCC1C(N)CC1c1cc(C)ccc1C. The molecule has 0 spiro atoms. The van der Waals surface area contributed by atoms with Gasteiger partial charge in [-0.1, -0.05) is 37.1 Å². The molecule has 1 saturated carbocycles. The van der Waals surface area contributed by atoms with Gasteiger partial charge in [-0.3, -0.25) is 0 Å². The van der Waals surface area contributed by atoms with Gasteiger partial charge in [0.25, 0.3) is 0 Å². The predicted molar refractivity (Wildman–Crippen MR) is 65.0 cm³/mol. The van der Waals surface area contributed by atoms with Crippen molar-refractivity contribution in [2.24, 2.45) is 11.7 Å². The van der Waals surface area contributed by atoms with Gasteiger partial charge in [0.15, 0.2) is 0 Å². The summed E-state index contributed by atoms with van der Waals surface area (Å²) in [7, 11) is 0. The summed E-state index contributed by atoms with van der Waals surface area (Å²) < 4.78 is 0. The van der Waals surface area contributed by atoms with E-state index in [0.29, 0.717) is 17.9 Å². The summed E-state index contributed by atoms with van der Waals surface area (Å²) in [6.45, 7) is 6.63. The second-order valence-electron chi connectivity index (χ2n) is 4.94. The van der Waals surface area contributed by atoms with Crippen LogP contribution in [0.3, 0.4) is 0 Å². The van der Waals surface area contributed by atoms with Crippen LogP contribution < -0.4 is 5.73 Å². The Kier molecular flexibility index (Phi) is 2.83. The summed E-state index contributed by atoms with van der Waals surface area (Å²) in [6, 6.07) is 7.20. The minimum Gasteiger partial charge on any atom is -0.327 e. The van der Waals surface area contributed by atoms with Gasteiger partial charge < -0.3 is 5.73 Å². The number of benzene rings is 1. The molecule has 1 nitrogen and oxygen atoms in total. The third-order valence-electron chi connectivity index (χ3n) is 3.90. The van der Waals surface area contributed by atoms with E-state index >= 15 is 0 Å². The van der Waals surface area contributed by atoms with Gasteiger partial charge >= 0.3 is 0 Å². The Labute approximate surface area is 92.7 Å². The van der Waals surface area contributed by atoms with E-state index in [9.17, 15) is 0 Å². The molecule has 0 saturated heterocycles. The van der Waals surface area contributed by atoms with Gasteiger partial charge in [0.05, 0.1) is 0 Å². The highest BCUT2D eigenvalue weighted by atomic mass is 14.7. The molecule has 1 fully saturated rings. The molecule has 0 heterocycles. The number of aryl methyl sites for hydroxylation is 2. The highest BCUT2D eigenvalue weighted by molar-refractivity contribution is 5.35. The van der Waals surface area contributed by atoms with Crippen molar-refractivity contribution >= 4 is 0 Å². The maximum absolute atomic E-state index is 6.05. The Bertz CT molecular complexity index is 356. The Balaban J connectivity index is 2.26. The first kappa shape index (κ1) is 10.7. The fourth-order valence-corrected chi connectivity index (χ4v) is 2.85. The zero-order valence-corrected chi connectivity index (χ0v) is 9.96. The first-order valence-corrected chi connectivity index (χ1v) is 5.96. The van der Waals surface area contributed by atoms with Gasteiger partial charge in [0.2, 0.25) is 0 Å². The van der Waals surface area contributed by atoms with E-state index in [1.165, 1.54) is 29.5 Å². The minimum atomic E-state index is 0.430. The quantitative estimate of drug-likeness (QED) is 0.785. The molecule has 0 bridgehead atoms. The molecule has 1 aromatic carbocycles. The van der Waals surface area contributed by atoms with Crippen LogP contribution in [0.5, 0.6) is 0 Å². The van der Waals surface area contributed by atoms with Crippen molar-refractivity contribution in [3.05, 3.63) is 34.9 Å². The number of nitrogens with two attached hydrogens (primary N) is 1. The van der Waals surface area contributed by atoms with Crippen LogP contribution >= 0.6 is 0 Å². The first-order chi connectivity index (χ1) is 7.13. The Morgan fingerprint density at radius 1 is 1.33 bits per heavy atom. The summed E-state index contributed by atoms with van der Waals surface area (Å²) in [6.07, 6.45) is 2.38. The summed E-state index contributed by atoms with van der Waals surface area (Å²) in [4.78, 5) is 0. The van der Waals surface area contributed by atoms with Crippen molar-refractivity contribution in [1.82, 2.24) is 0 Å². The highest BCUT2D eigenvalue weighted by Crippen LogP contribution is 2.44. The van der Waals surface area contributed by atoms with E-state index in [-0.39, 0.29) is 0 Å². The molecule has 15 heavy (non-hydrogen) atoms. The highest BCUT2D eigenvalue weighted by Gasteiger charge is 2.38. The topological polar surface area (TPSA) is 26.0 Å². The lowest BCUT2D eigenvalue weighted by molar-refractivity contribution is 0.198. The van der Waals surface area contributed by atoms with Gasteiger partial charge in [0, 0.05) is 6.04 Å². The molecule has 1 aliphatic carbocycles. The largest absolute Gasteiger partial charge is 0.327 e. The first-order valence-electron chi connectivity index (χ1n) is 5.96. The molecule has 2 N–H and O–H groups in total. The number of hydrogen-bond donors (Lipinski definition) is 1. The maximum Gasteiger partial charge on any atom is 0.00788 e. The molecule has 0 amide bonds. The normalized spacial score (nSPS) is 30.0. The minimum absolute atomic E-state index is 0.430. The maximum atomic E-state index is 6.05. The molecule has 0 aliphatic heterocycles. The van der Waals surface area contributed by atoms with Crippen LogP contribution in [-0.4, -0.2) is 6.04 Å². The van der Waals surface area contributed by atoms with Crippen LogP contribution in [0.2, 0.25) is 0 Å². The third-order valence-corrected chi connectivity index (χ3v) is 3.90. The van der Waals surface area contributed by atoms with Crippen molar-refractivity contribution in [3.63, 3.8) is 0 Å². The van der Waals surface area contributed by atoms with E-state index in [2.05, 4.69) is 39.0 Å². The van der Waals surface area contributed by atoms with Gasteiger partial charge in [-0.05, 0) is 43.2 Å². The van der Waals surface area contributed by atoms with Crippen molar-refractivity contribution < 1.29 is 0 Å². The monoisotopic (exact) mass is 203 g/mol. The average Bonchev–Trinajstić information content (AvgIpc) is 2.19. The van der Waals surface area contributed by atoms with Crippen LogP contribution in [0.1, 0.15) is 42.4 Å². The van der Waals surface area contributed by atoms with E-state index in [1.807, 2.05) is 0 Å². The lowest BCUT2D eigenvalue weighted by Gasteiger charge is -2.43. The Hall–Kier alpha value is -0.820. The van der Waals surface area contributed by atoms with E-state index in [4.69, 9.17) is 5.73 Å². The fraction of sp³-hybridized carbons (Fsp3) is 0.571. The molecule has 0 aromatic heterocycles. The molecular weight excluding hydrogens is 182 g/mol. The van der Waals surface area contributed by atoms with Crippen LogP contribution in [0.15, 0.2) is 18.2 Å². The molecule has 0 radical (unpaired) electrons. The zero-order chi connectivity index (χ0) is 11.0. The van der Waals surface area contributed by atoms with Crippen LogP contribution in [-0.2, 0) is 0 Å². The predicted octanol–water partition coefficient (Wildman–Crippen LogP) is 3.14. The number of rotatable bonds is 2. The van der Waals surface area contributed by atoms with Gasteiger partial charge in [-0.25, -0.2) is 0 Å². The third kappa shape index (κ3) is 1.81. The lowest BCUT2D eigenvalue weighted by atomic mass is 9.64. The lowest BCUT2D eigenvalue weighted by Crippen LogP contribution is -2.45. The molecule has 1 aliphatic rings. The van der Waals surface area contributed by atoms with Crippen LogP contribution in [0.4, 0.5) is 0 Å². The van der Waals surface area contributed by atoms with E-state index in [0.717, 1.165) is 0 Å². The molecule has 1 aromatic rings. The summed E-state index contributed by atoms with van der Waals surface area (Å²) in [5, 5.41) is 0. The zero-order valence-electron chi connectivity index (χ0n) is 9.96. The second-order valence-corrected chi connectivity index (χ2v) is 4.94. The standard InChI is InChI=1S/C14H21N/c1-4-11-13(8-14(11)15)12-7-9(2)5-6-10(12)3/h5-7,11,13-14H,4,8,15H2,1-3H3. The molecular formula is C14H21N. The molecule has 1 heteroatoms.